The van der Waals surface area contributed by atoms with Crippen LogP contribution in [0.5, 0.6) is 0 Å². The summed E-state index contributed by atoms with van der Waals surface area (Å²) in [6.45, 7) is 6.81. The summed E-state index contributed by atoms with van der Waals surface area (Å²) in [7, 11) is 2.21. The first-order chi connectivity index (χ1) is 9.60. The van der Waals surface area contributed by atoms with Crippen LogP contribution in [-0.4, -0.2) is 48.4 Å². The van der Waals surface area contributed by atoms with Gasteiger partial charge in [0.1, 0.15) is 5.84 Å². The molecule has 0 atom stereocenters. The summed E-state index contributed by atoms with van der Waals surface area (Å²) in [5.74, 6) is 0.136. The Bertz CT molecular complexity index is 432. The van der Waals surface area contributed by atoms with Gasteiger partial charge >= 0.3 is 0 Å². The van der Waals surface area contributed by atoms with Crippen LogP contribution in [0.15, 0.2) is 24.3 Å². The fraction of sp³-hybridized carbons (Fsp3) is 0.562. The highest BCUT2D eigenvalue weighted by Crippen LogP contribution is 2.17. The van der Waals surface area contributed by atoms with E-state index in [2.05, 4.69) is 35.9 Å². The molecule has 1 fully saturated rings. The number of likely N-dealkylation sites (tertiary alicyclic amines) is 1. The summed E-state index contributed by atoms with van der Waals surface area (Å²) in [5, 5.41) is 7.41. The maximum Gasteiger partial charge on any atom is 0.122 e. The van der Waals surface area contributed by atoms with Gasteiger partial charge in [0, 0.05) is 18.2 Å². The highest BCUT2D eigenvalue weighted by atomic mass is 15.2. The second kappa shape index (κ2) is 6.86. The average molecular weight is 274 g/mol. The van der Waals surface area contributed by atoms with Crippen LogP contribution in [0.3, 0.4) is 0 Å². The molecule has 1 saturated heterocycles. The van der Waals surface area contributed by atoms with Gasteiger partial charge in [0.15, 0.2) is 0 Å². The summed E-state index contributed by atoms with van der Waals surface area (Å²) in [5.41, 5.74) is 7.56. The summed E-state index contributed by atoms with van der Waals surface area (Å²) >= 11 is 0. The summed E-state index contributed by atoms with van der Waals surface area (Å²) in [4.78, 5) is 4.97. The summed E-state index contributed by atoms with van der Waals surface area (Å²) in [6.07, 6.45) is 2.52. The maximum atomic E-state index is 7.41. The molecule has 1 aliphatic heterocycles. The van der Waals surface area contributed by atoms with Gasteiger partial charge < -0.3 is 10.6 Å². The highest BCUT2D eigenvalue weighted by molar-refractivity contribution is 5.94. The van der Waals surface area contributed by atoms with E-state index in [0.29, 0.717) is 6.04 Å². The van der Waals surface area contributed by atoms with Crippen LogP contribution in [0.1, 0.15) is 30.9 Å². The van der Waals surface area contributed by atoms with Crippen molar-refractivity contribution in [2.24, 2.45) is 5.73 Å². The Morgan fingerprint density at radius 1 is 1.30 bits per heavy atom. The van der Waals surface area contributed by atoms with Gasteiger partial charge in [-0.1, -0.05) is 31.2 Å². The van der Waals surface area contributed by atoms with Crippen molar-refractivity contribution in [3.05, 3.63) is 35.4 Å². The molecule has 0 radical (unpaired) electrons. The van der Waals surface area contributed by atoms with Gasteiger partial charge in [-0.2, -0.15) is 0 Å². The van der Waals surface area contributed by atoms with E-state index in [1.807, 2.05) is 12.1 Å². The first-order valence-corrected chi connectivity index (χ1v) is 7.46. The minimum atomic E-state index is 0.136. The molecule has 0 aliphatic carbocycles. The Balaban J connectivity index is 1.88. The molecule has 1 aromatic rings. The van der Waals surface area contributed by atoms with E-state index in [1.54, 1.807) is 0 Å². The normalized spacial score (nSPS) is 17.6. The number of hydrogen-bond donors (Lipinski definition) is 2. The van der Waals surface area contributed by atoms with E-state index in [1.165, 1.54) is 38.0 Å². The van der Waals surface area contributed by atoms with Gasteiger partial charge in [-0.15, -0.1) is 0 Å². The van der Waals surface area contributed by atoms with Crippen LogP contribution in [0.4, 0.5) is 0 Å². The minimum Gasteiger partial charge on any atom is -0.384 e. The zero-order chi connectivity index (χ0) is 14.5. The molecule has 110 valence electrons. The molecule has 4 nitrogen and oxygen atoms in total. The fourth-order valence-corrected chi connectivity index (χ4v) is 2.88. The van der Waals surface area contributed by atoms with Gasteiger partial charge in [-0.3, -0.25) is 10.3 Å². The van der Waals surface area contributed by atoms with E-state index in [9.17, 15) is 0 Å². The molecular formula is C16H26N4. The molecule has 20 heavy (non-hydrogen) atoms. The van der Waals surface area contributed by atoms with Crippen LogP contribution >= 0.6 is 0 Å². The van der Waals surface area contributed by atoms with Crippen molar-refractivity contribution in [2.75, 3.05) is 26.7 Å². The van der Waals surface area contributed by atoms with Crippen molar-refractivity contribution in [1.29, 1.82) is 5.41 Å². The molecule has 0 spiro atoms. The molecule has 3 N–H and O–H groups in total. The molecule has 2 rings (SSSR count). The Labute approximate surface area is 122 Å². The third kappa shape index (κ3) is 3.81. The zero-order valence-corrected chi connectivity index (χ0v) is 12.6. The van der Waals surface area contributed by atoms with E-state index in [-0.39, 0.29) is 5.84 Å². The van der Waals surface area contributed by atoms with Gasteiger partial charge in [0.2, 0.25) is 0 Å². The lowest BCUT2D eigenvalue weighted by atomic mass is 10.0. The number of benzene rings is 1. The quantitative estimate of drug-likeness (QED) is 0.637. The van der Waals surface area contributed by atoms with E-state index >= 15 is 0 Å². The molecule has 4 heteroatoms. The van der Waals surface area contributed by atoms with E-state index < -0.39 is 0 Å². The molecule has 0 saturated carbocycles. The Kier molecular flexibility index (Phi) is 5.15. The molecule has 1 heterocycles. The first kappa shape index (κ1) is 15.0. The number of nitrogens with one attached hydrogen (secondary N) is 1. The van der Waals surface area contributed by atoms with Crippen LogP contribution in [0, 0.1) is 5.41 Å². The van der Waals surface area contributed by atoms with Gasteiger partial charge in [-0.05, 0) is 45.1 Å². The average Bonchev–Trinajstić information content (AvgIpc) is 2.48. The van der Waals surface area contributed by atoms with Crippen LogP contribution in [0.2, 0.25) is 0 Å². The second-order valence-corrected chi connectivity index (χ2v) is 5.69. The Morgan fingerprint density at radius 3 is 2.40 bits per heavy atom. The standard InChI is InChI=1S/C16H26N4/c1-3-20-10-8-15(9-11-20)19(2)12-13-4-6-14(7-5-13)16(17)18/h4-7,15H,3,8-12H2,1-2H3,(H3,17,18). The topological polar surface area (TPSA) is 56.4 Å². The minimum absolute atomic E-state index is 0.136. The van der Waals surface area contributed by atoms with Crippen LogP contribution in [-0.2, 0) is 6.54 Å². The number of piperidine rings is 1. The van der Waals surface area contributed by atoms with E-state index in [0.717, 1.165) is 12.1 Å². The van der Waals surface area contributed by atoms with Crippen molar-refractivity contribution >= 4 is 5.84 Å². The number of nitrogen functional groups attached to an aromatic ring is 1. The van der Waals surface area contributed by atoms with Crippen LogP contribution in [0.25, 0.3) is 0 Å². The number of hydrogen-bond acceptors (Lipinski definition) is 3. The fourth-order valence-electron chi connectivity index (χ4n) is 2.88. The predicted molar refractivity (Wildman–Crippen MR) is 84.1 cm³/mol. The third-order valence-electron chi connectivity index (χ3n) is 4.32. The SMILES string of the molecule is CCN1CCC(N(C)Cc2ccc(C(=N)N)cc2)CC1. The molecular weight excluding hydrogens is 248 g/mol. The van der Waals surface area contributed by atoms with Gasteiger partial charge in [0.05, 0.1) is 0 Å². The molecule has 0 amide bonds. The summed E-state index contributed by atoms with van der Waals surface area (Å²) < 4.78 is 0. The highest BCUT2D eigenvalue weighted by Gasteiger charge is 2.21. The lowest BCUT2D eigenvalue weighted by Gasteiger charge is -2.36. The lowest BCUT2D eigenvalue weighted by Crippen LogP contribution is -2.42. The molecule has 1 aromatic carbocycles. The Morgan fingerprint density at radius 2 is 1.90 bits per heavy atom. The van der Waals surface area contributed by atoms with Crippen molar-refractivity contribution in [1.82, 2.24) is 9.80 Å². The lowest BCUT2D eigenvalue weighted by molar-refractivity contribution is 0.127. The second-order valence-electron chi connectivity index (χ2n) is 5.69. The molecule has 1 aliphatic rings. The molecule has 0 unspecified atom stereocenters. The maximum absolute atomic E-state index is 7.41. The summed E-state index contributed by atoms with van der Waals surface area (Å²) in [6, 6.07) is 8.71. The molecule has 0 aromatic heterocycles. The Hall–Kier alpha value is -1.39. The third-order valence-corrected chi connectivity index (χ3v) is 4.32. The monoisotopic (exact) mass is 274 g/mol. The van der Waals surface area contributed by atoms with E-state index in [4.69, 9.17) is 11.1 Å². The van der Waals surface area contributed by atoms with Crippen molar-refractivity contribution < 1.29 is 0 Å². The zero-order valence-electron chi connectivity index (χ0n) is 12.6. The molecule has 0 bridgehead atoms. The van der Waals surface area contributed by atoms with Gasteiger partial charge in [-0.25, -0.2) is 0 Å². The van der Waals surface area contributed by atoms with Crippen molar-refractivity contribution in [3.63, 3.8) is 0 Å². The predicted octanol–water partition coefficient (Wildman–Crippen LogP) is 1.89. The largest absolute Gasteiger partial charge is 0.384 e. The smallest absolute Gasteiger partial charge is 0.122 e. The number of rotatable bonds is 5. The van der Waals surface area contributed by atoms with Crippen molar-refractivity contribution in [2.45, 2.75) is 32.4 Å². The number of nitrogens with two attached hydrogens (primary N) is 1. The van der Waals surface area contributed by atoms with Crippen molar-refractivity contribution in [3.8, 4) is 0 Å². The number of nitrogens with zero attached hydrogens (tertiary/aromatic N) is 2. The first-order valence-electron chi connectivity index (χ1n) is 7.46. The number of amidine groups is 1. The van der Waals surface area contributed by atoms with Crippen LogP contribution < -0.4 is 5.73 Å². The van der Waals surface area contributed by atoms with Gasteiger partial charge in [0.25, 0.3) is 0 Å².